The van der Waals surface area contributed by atoms with Gasteiger partial charge in [-0.3, -0.25) is 5.10 Å². The molecule has 9 heteroatoms. The third kappa shape index (κ3) is 3.32. The van der Waals surface area contributed by atoms with Crippen LogP contribution in [0, 0.1) is 11.3 Å². The van der Waals surface area contributed by atoms with Crippen molar-refractivity contribution < 1.29 is 14.2 Å². The van der Waals surface area contributed by atoms with E-state index in [2.05, 4.69) is 48.1 Å². The van der Waals surface area contributed by atoms with E-state index < -0.39 is 5.92 Å². The molecule has 0 radical (unpaired) electrons. The maximum Gasteiger partial charge on any atom is 0.244 e. The van der Waals surface area contributed by atoms with Crippen molar-refractivity contribution in [2.75, 3.05) is 14.2 Å². The zero-order valence-electron chi connectivity index (χ0n) is 16.0. The molecule has 0 fully saturated rings. The van der Waals surface area contributed by atoms with E-state index >= 15 is 0 Å². The van der Waals surface area contributed by atoms with Crippen molar-refractivity contribution in [3.8, 4) is 34.7 Å². The first-order valence-electron chi connectivity index (χ1n) is 8.81. The topological polar surface area (TPSA) is 106 Å². The molecule has 3 N–H and O–H groups in total. The van der Waals surface area contributed by atoms with Gasteiger partial charge in [-0.2, -0.15) is 5.26 Å². The third-order valence-corrected chi connectivity index (χ3v) is 5.90. The van der Waals surface area contributed by atoms with Crippen LogP contribution in [0.2, 0.25) is 0 Å². The summed E-state index contributed by atoms with van der Waals surface area (Å²) in [6.45, 7) is 0. The number of allylic oxidation sites excluding steroid dienone is 1. The lowest BCUT2D eigenvalue weighted by Gasteiger charge is -2.26. The Morgan fingerprint density at radius 1 is 1.20 bits per heavy atom. The summed E-state index contributed by atoms with van der Waals surface area (Å²) in [6, 6.07) is 13.5. The Labute approximate surface area is 189 Å². The lowest BCUT2D eigenvalue weighted by atomic mass is 9.82. The highest BCUT2D eigenvalue weighted by molar-refractivity contribution is 9.11. The molecule has 7 nitrogen and oxygen atoms in total. The van der Waals surface area contributed by atoms with Gasteiger partial charge < -0.3 is 19.9 Å². The highest BCUT2D eigenvalue weighted by Gasteiger charge is 2.37. The number of nitrogens with one attached hydrogen (secondary N) is 1. The van der Waals surface area contributed by atoms with Crippen LogP contribution in [0.15, 0.2) is 56.8 Å². The number of nitriles is 1. The average Bonchev–Trinajstić information content (AvgIpc) is 3.15. The SMILES string of the molecule is COc1cccc(-c2[nH]nc3c2C(c2cc(Br)cc(Br)c2OC)C(C#N)=C(N)O3)c1. The number of methoxy groups -OCH3 is 2. The van der Waals surface area contributed by atoms with E-state index in [0.717, 1.165) is 20.1 Å². The number of H-pyrrole nitrogens is 1. The van der Waals surface area contributed by atoms with Gasteiger partial charge in [0.15, 0.2) is 0 Å². The number of benzene rings is 2. The molecule has 0 spiro atoms. The summed E-state index contributed by atoms with van der Waals surface area (Å²) in [5.74, 6) is 1.06. The molecule has 1 aromatic heterocycles. The Kier molecular flexibility index (Phi) is 5.45. The first-order valence-corrected chi connectivity index (χ1v) is 10.4. The number of hydrogen-bond acceptors (Lipinski definition) is 6. The van der Waals surface area contributed by atoms with E-state index in [1.165, 1.54) is 0 Å². The van der Waals surface area contributed by atoms with Crippen molar-refractivity contribution in [3.05, 3.63) is 67.9 Å². The van der Waals surface area contributed by atoms with Crippen molar-refractivity contribution in [1.29, 1.82) is 5.26 Å². The molecule has 1 aliphatic heterocycles. The molecule has 30 heavy (non-hydrogen) atoms. The number of hydrogen-bond donors (Lipinski definition) is 2. The Morgan fingerprint density at radius 2 is 2.00 bits per heavy atom. The van der Waals surface area contributed by atoms with E-state index in [4.69, 9.17) is 19.9 Å². The van der Waals surface area contributed by atoms with Crippen molar-refractivity contribution >= 4 is 31.9 Å². The summed E-state index contributed by atoms with van der Waals surface area (Å²) in [6.07, 6.45) is 0. The van der Waals surface area contributed by atoms with E-state index in [0.29, 0.717) is 28.6 Å². The molecular formula is C21H16Br2N4O3. The van der Waals surface area contributed by atoms with Crippen molar-refractivity contribution in [3.63, 3.8) is 0 Å². The molecule has 0 aliphatic carbocycles. The second-order valence-electron chi connectivity index (χ2n) is 6.48. The number of aromatic nitrogens is 2. The number of nitrogens with two attached hydrogens (primary N) is 1. The smallest absolute Gasteiger partial charge is 0.244 e. The number of nitrogens with zero attached hydrogens (tertiary/aromatic N) is 2. The molecule has 0 saturated carbocycles. The van der Waals surface area contributed by atoms with Crippen LogP contribution in [-0.4, -0.2) is 24.4 Å². The third-order valence-electron chi connectivity index (χ3n) is 4.85. The van der Waals surface area contributed by atoms with Crippen molar-refractivity contribution in [1.82, 2.24) is 10.2 Å². The monoisotopic (exact) mass is 530 g/mol. The summed E-state index contributed by atoms with van der Waals surface area (Å²) in [5.41, 5.74) is 9.34. The lowest BCUT2D eigenvalue weighted by molar-refractivity contribution is 0.374. The maximum atomic E-state index is 9.92. The second kappa shape index (κ2) is 8.05. The predicted octanol–water partition coefficient (Wildman–Crippen LogP) is 4.84. The molecule has 0 amide bonds. The van der Waals surface area contributed by atoms with Gasteiger partial charge in [0, 0.05) is 15.6 Å². The molecule has 2 aromatic carbocycles. The van der Waals surface area contributed by atoms with Gasteiger partial charge in [0.05, 0.1) is 35.9 Å². The van der Waals surface area contributed by atoms with E-state index in [1.807, 2.05) is 36.4 Å². The van der Waals surface area contributed by atoms with E-state index in [9.17, 15) is 5.26 Å². The van der Waals surface area contributed by atoms with Crippen molar-refractivity contribution in [2.24, 2.45) is 5.73 Å². The zero-order valence-corrected chi connectivity index (χ0v) is 19.2. The van der Waals surface area contributed by atoms with Crippen LogP contribution < -0.4 is 19.9 Å². The minimum Gasteiger partial charge on any atom is -0.497 e. The van der Waals surface area contributed by atoms with Crippen LogP contribution in [0.1, 0.15) is 17.0 Å². The summed E-state index contributed by atoms with van der Waals surface area (Å²) in [5, 5.41) is 17.3. The molecule has 2 heterocycles. The largest absolute Gasteiger partial charge is 0.497 e. The summed E-state index contributed by atoms with van der Waals surface area (Å²) in [4.78, 5) is 0. The molecule has 1 aliphatic rings. The second-order valence-corrected chi connectivity index (χ2v) is 8.25. The Morgan fingerprint density at radius 3 is 2.70 bits per heavy atom. The van der Waals surface area contributed by atoms with Gasteiger partial charge in [0.2, 0.25) is 11.8 Å². The number of rotatable bonds is 4. The van der Waals surface area contributed by atoms with Gasteiger partial charge in [-0.15, -0.1) is 5.10 Å². The zero-order chi connectivity index (χ0) is 21.4. The van der Waals surface area contributed by atoms with Gasteiger partial charge in [-0.1, -0.05) is 28.1 Å². The summed E-state index contributed by atoms with van der Waals surface area (Å²) >= 11 is 7.06. The van der Waals surface area contributed by atoms with Gasteiger partial charge in [0.25, 0.3) is 0 Å². The molecule has 152 valence electrons. The van der Waals surface area contributed by atoms with E-state index in [1.54, 1.807) is 14.2 Å². The fraction of sp³-hybridized carbons (Fsp3) is 0.143. The Balaban J connectivity index is 2.01. The molecular weight excluding hydrogens is 516 g/mol. The standard InChI is InChI=1S/C21H16Br2N4O3/c1-28-12-5-3-4-10(6-12)18-17-16(13-7-11(22)8-15(23)19(13)29-2)14(9-24)20(25)30-21(17)27-26-18/h3-8,16H,25H2,1-2H3,(H,26,27). The molecule has 3 aromatic rings. The predicted molar refractivity (Wildman–Crippen MR) is 118 cm³/mol. The maximum absolute atomic E-state index is 9.92. The molecule has 1 atom stereocenters. The lowest BCUT2D eigenvalue weighted by Crippen LogP contribution is -2.21. The molecule has 0 saturated heterocycles. The van der Waals surface area contributed by atoms with Gasteiger partial charge in [-0.25, -0.2) is 0 Å². The minimum absolute atomic E-state index is 0.0110. The average molecular weight is 532 g/mol. The van der Waals surface area contributed by atoms with E-state index in [-0.39, 0.29) is 11.5 Å². The molecule has 4 rings (SSSR count). The van der Waals surface area contributed by atoms with Gasteiger partial charge in [-0.05, 0) is 40.2 Å². The normalized spacial score (nSPS) is 15.2. The fourth-order valence-corrected chi connectivity index (χ4v) is 4.98. The van der Waals surface area contributed by atoms with Crippen LogP contribution in [0.3, 0.4) is 0 Å². The van der Waals surface area contributed by atoms with Crippen LogP contribution >= 0.6 is 31.9 Å². The van der Waals surface area contributed by atoms with Crippen LogP contribution in [0.5, 0.6) is 17.4 Å². The molecule has 1 unspecified atom stereocenters. The Hall–Kier alpha value is -2.96. The van der Waals surface area contributed by atoms with Crippen LogP contribution in [0.25, 0.3) is 11.3 Å². The molecule has 0 bridgehead atoms. The highest BCUT2D eigenvalue weighted by atomic mass is 79.9. The van der Waals surface area contributed by atoms with Crippen LogP contribution in [-0.2, 0) is 0 Å². The minimum atomic E-state index is -0.553. The van der Waals surface area contributed by atoms with Gasteiger partial charge in [0.1, 0.15) is 23.1 Å². The van der Waals surface area contributed by atoms with Crippen molar-refractivity contribution in [2.45, 2.75) is 5.92 Å². The first-order chi connectivity index (χ1) is 14.5. The number of ether oxygens (including phenoxy) is 3. The van der Waals surface area contributed by atoms with Gasteiger partial charge >= 0.3 is 0 Å². The summed E-state index contributed by atoms with van der Waals surface area (Å²) < 4.78 is 18.2. The number of aromatic amines is 1. The number of fused-ring (bicyclic) bond motifs is 1. The number of halogens is 2. The van der Waals surface area contributed by atoms with Crippen LogP contribution in [0.4, 0.5) is 0 Å². The quantitative estimate of drug-likeness (QED) is 0.499. The summed E-state index contributed by atoms with van der Waals surface area (Å²) in [7, 11) is 3.18. The highest BCUT2D eigenvalue weighted by Crippen LogP contribution is 2.50. The Bertz CT molecular complexity index is 1210. The first kappa shape index (κ1) is 20.3. The fourth-order valence-electron chi connectivity index (χ4n) is 3.56.